The number of carbonyl (C=O) groups excluding carboxylic acids is 1. The molecule has 0 saturated heterocycles. The van der Waals surface area contributed by atoms with Gasteiger partial charge in [0.1, 0.15) is 5.69 Å². The third kappa shape index (κ3) is 2.29. The number of carbonyl (C=O) groups is 1. The van der Waals surface area contributed by atoms with Crippen LogP contribution in [0.5, 0.6) is 0 Å². The number of H-pyrrole nitrogens is 1. The third-order valence-electron chi connectivity index (χ3n) is 2.64. The van der Waals surface area contributed by atoms with Gasteiger partial charge in [0.2, 0.25) is 0 Å². The molecule has 2 aromatic rings. The minimum absolute atomic E-state index is 0.0426. The summed E-state index contributed by atoms with van der Waals surface area (Å²) in [6, 6.07) is 5.66. The monoisotopic (exact) mass is 261 g/mol. The van der Waals surface area contributed by atoms with Crippen molar-refractivity contribution in [2.45, 2.75) is 6.54 Å². The summed E-state index contributed by atoms with van der Waals surface area (Å²) < 4.78 is 0. The van der Waals surface area contributed by atoms with Crippen LogP contribution in [0.3, 0.4) is 0 Å². The van der Waals surface area contributed by atoms with Crippen molar-refractivity contribution < 1.29 is 9.72 Å². The largest absolute Gasteiger partial charge is 0.365 e. The topological polar surface area (TPSA) is 141 Å². The van der Waals surface area contributed by atoms with Crippen molar-refractivity contribution >= 4 is 11.6 Å². The average Bonchev–Trinajstić information content (AvgIpc) is 2.82. The van der Waals surface area contributed by atoms with Crippen molar-refractivity contribution in [1.82, 2.24) is 10.2 Å². The number of primary amides is 1. The smallest absolute Gasteiger partial charge is 0.269 e. The highest BCUT2D eigenvalue weighted by Gasteiger charge is 2.19. The van der Waals surface area contributed by atoms with Gasteiger partial charge in [-0.05, 0) is 12.1 Å². The van der Waals surface area contributed by atoms with Crippen LogP contribution >= 0.6 is 0 Å². The van der Waals surface area contributed by atoms with E-state index in [1.54, 1.807) is 0 Å². The van der Waals surface area contributed by atoms with Crippen LogP contribution in [0.2, 0.25) is 0 Å². The van der Waals surface area contributed by atoms with Gasteiger partial charge in [-0.3, -0.25) is 20.0 Å². The molecule has 19 heavy (non-hydrogen) atoms. The summed E-state index contributed by atoms with van der Waals surface area (Å²) in [5.74, 6) is -0.650. The van der Waals surface area contributed by atoms with Crippen LogP contribution in [0.4, 0.5) is 5.69 Å². The van der Waals surface area contributed by atoms with Gasteiger partial charge in [0.15, 0.2) is 0 Å². The van der Waals surface area contributed by atoms with Gasteiger partial charge in [0.05, 0.1) is 16.2 Å². The van der Waals surface area contributed by atoms with E-state index in [1.165, 1.54) is 24.3 Å². The molecule has 2 rings (SSSR count). The first-order chi connectivity index (χ1) is 9.04. The molecule has 0 spiro atoms. The van der Waals surface area contributed by atoms with Crippen LogP contribution in [0, 0.1) is 10.1 Å². The number of aromatic nitrogens is 2. The number of hydrogen-bond donors (Lipinski definition) is 3. The van der Waals surface area contributed by atoms with E-state index in [9.17, 15) is 14.9 Å². The molecule has 1 amide bonds. The number of rotatable bonds is 4. The average molecular weight is 261 g/mol. The van der Waals surface area contributed by atoms with Crippen molar-refractivity contribution in [2.75, 3.05) is 0 Å². The zero-order valence-corrected chi connectivity index (χ0v) is 9.79. The van der Waals surface area contributed by atoms with E-state index in [2.05, 4.69) is 10.2 Å². The summed E-state index contributed by atoms with van der Waals surface area (Å²) in [5.41, 5.74) is 12.2. The highest BCUT2D eigenvalue weighted by Crippen LogP contribution is 2.25. The number of amides is 1. The fourth-order valence-electron chi connectivity index (χ4n) is 1.74. The number of nitro benzene ring substituents is 1. The van der Waals surface area contributed by atoms with Crippen molar-refractivity contribution in [2.24, 2.45) is 11.5 Å². The molecular weight excluding hydrogens is 250 g/mol. The Morgan fingerprint density at radius 2 is 2.00 bits per heavy atom. The minimum atomic E-state index is -0.650. The zero-order chi connectivity index (χ0) is 14.0. The summed E-state index contributed by atoms with van der Waals surface area (Å²) in [6.07, 6.45) is 0. The van der Waals surface area contributed by atoms with Crippen LogP contribution in [0.15, 0.2) is 24.3 Å². The Kier molecular flexibility index (Phi) is 3.25. The molecule has 8 nitrogen and oxygen atoms in total. The first-order valence-electron chi connectivity index (χ1n) is 5.36. The molecule has 1 aromatic heterocycles. The maximum absolute atomic E-state index is 11.4. The Morgan fingerprint density at radius 3 is 2.47 bits per heavy atom. The molecule has 0 radical (unpaired) electrons. The van der Waals surface area contributed by atoms with E-state index in [4.69, 9.17) is 11.5 Å². The van der Waals surface area contributed by atoms with Gasteiger partial charge >= 0.3 is 0 Å². The second-order valence-corrected chi connectivity index (χ2v) is 3.80. The first kappa shape index (κ1) is 12.7. The molecule has 5 N–H and O–H groups in total. The second-order valence-electron chi connectivity index (χ2n) is 3.80. The second kappa shape index (κ2) is 4.86. The Morgan fingerprint density at radius 1 is 1.37 bits per heavy atom. The van der Waals surface area contributed by atoms with Crippen molar-refractivity contribution in [3.8, 4) is 11.3 Å². The number of nitrogens with one attached hydrogen (secondary N) is 1. The molecule has 8 heteroatoms. The fraction of sp³-hybridized carbons (Fsp3) is 0.0909. The number of non-ortho nitro benzene ring substituents is 1. The van der Waals surface area contributed by atoms with Crippen LogP contribution in [0.1, 0.15) is 16.1 Å². The normalized spacial score (nSPS) is 10.4. The molecule has 0 aliphatic heterocycles. The molecule has 0 unspecified atom stereocenters. The lowest BCUT2D eigenvalue weighted by molar-refractivity contribution is -0.384. The Hall–Kier alpha value is -2.74. The first-order valence-corrected chi connectivity index (χ1v) is 5.36. The number of nitrogens with zero attached hydrogens (tertiary/aromatic N) is 2. The summed E-state index contributed by atoms with van der Waals surface area (Å²) in [7, 11) is 0. The summed E-state index contributed by atoms with van der Waals surface area (Å²) in [5, 5.41) is 17.2. The highest BCUT2D eigenvalue weighted by molar-refractivity contribution is 6.00. The summed E-state index contributed by atoms with van der Waals surface area (Å²) in [6.45, 7) is 0.0955. The number of aromatic amines is 1. The maximum Gasteiger partial charge on any atom is 0.269 e. The fourth-order valence-corrected chi connectivity index (χ4v) is 1.74. The van der Waals surface area contributed by atoms with Crippen LogP contribution in [0.25, 0.3) is 11.3 Å². The van der Waals surface area contributed by atoms with E-state index in [0.29, 0.717) is 17.0 Å². The van der Waals surface area contributed by atoms with Gasteiger partial charge in [-0.25, -0.2) is 0 Å². The molecule has 0 atom stereocenters. The molecule has 0 aliphatic carbocycles. The van der Waals surface area contributed by atoms with E-state index >= 15 is 0 Å². The molecule has 0 saturated carbocycles. The van der Waals surface area contributed by atoms with Gasteiger partial charge in [0, 0.05) is 24.2 Å². The molecule has 98 valence electrons. The third-order valence-corrected chi connectivity index (χ3v) is 2.64. The predicted octanol–water partition coefficient (Wildman–Crippen LogP) is 0.542. The Balaban J connectivity index is 2.50. The molecular formula is C11H11N5O3. The Bertz CT molecular complexity index is 632. The minimum Gasteiger partial charge on any atom is -0.365 e. The van der Waals surface area contributed by atoms with Gasteiger partial charge in [-0.15, -0.1) is 0 Å². The van der Waals surface area contributed by atoms with Crippen molar-refractivity contribution in [3.05, 3.63) is 45.6 Å². The van der Waals surface area contributed by atoms with Crippen LogP contribution in [-0.2, 0) is 6.54 Å². The zero-order valence-electron chi connectivity index (χ0n) is 9.79. The van der Waals surface area contributed by atoms with Gasteiger partial charge < -0.3 is 11.5 Å². The number of nitro groups is 1. The Labute approximate surface area is 107 Å². The molecule has 1 aromatic carbocycles. The molecule has 0 bridgehead atoms. The van der Waals surface area contributed by atoms with E-state index in [1.807, 2.05) is 0 Å². The lowest BCUT2D eigenvalue weighted by Crippen LogP contribution is -2.15. The van der Waals surface area contributed by atoms with E-state index < -0.39 is 10.8 Å². The highest BCUT2D eigenvalue weighted by atomic mass is 16.6. The lowest BCUT2D eigenvalue weighted by atomic mass is 10.1. The van der Waals surface area contributed by atoms with Crippen molar-refractivity contribution in [1.29, 1.82) is 0 Å². The number of hydrogen-bond acceptors (Lipinski definition) is 5. The van der Waals surface area contributed by atoms with Gasteiger partial charge in [-0.1, -0.05) is 0 Å². The number of nitrogens with two attached hydrogens (primary N) is 2. The SMILES string of the molecule is NCc1[nH]nc(-c2ccc([N+](=O)[O-])cc2)c1C(N)=O. The van der Waals surface area contributed by atoms with Crippen LogP contribution < -0.4 is 11.5 Å². The van der Waals surface area contributed by atoms with Crippen molar-refractivity contribution in [3.63, 3.8) is 0 Å². The lowest BCUT2D eigenvalue weighted by Gasteiger charge is -2.00. The standard InChI is InChI=1S/C11H11N5O3/c12-5-8-9(11(13)17)10(15-14-8)6-1-3-7(4-2-6)16(18)19/h1-4H,5,12H2,(H2,13,17)(H,14,15). The molecule has 0 aliphatic rings. The van der Waals surface area contributed by atoms with E-state index in [-0.39, 0.29) is 17.8 Å². The maximum atomic E-state index is 11.4. The van der Waals surface area contributed by atoms with E-state index in [0.717, 1.165) is 0 Å². The quantitative estimate of drug-likeness (QED) is 0.544. The van der Waals surface area contributed by atoms with Gasteiger partial charge in [0.25, 0.3) is 11.6 Å². The number of benzene rings is 1. The molecule has 0 fully saturated rings. The summed E-state index contributed by atoms with van der Waals surface area (Å²) >= 11 is 0. The molecule has 1 heterocycles. The van der Waals surface area contributed by atoms with Gasteiger partial charge in [-0.2, -0.15) is 5.10 Å². The summed E-state index contributed by atoms with van der Waals surface area (Å²) in [4.78, 5) is 21.5. The van der Waals surface area contributed by atoms with Crippen LogP contribution in [-0.4, -0.2) is 21.0 Å². The predicted molar refractivity (Wildman–Crippen MR) is 67.1 cm³/mol.